The highest BCUT2D eigenvalue weighted by molar-refractivity contribution is 8.00. The Balaban J connectivity index is 2.05. The molecule has 0 aliphatic carbocycles. The lowest BCUT2D eigenvalue weighted by atomic mass is 10.0. The Bertz CT molecular complexity index is 1210. The summed E-state index contributed by atoms with van der Waals surface area (Å²) in [5.74, 6) is -1.79. The number of thioether (sulfide) groups is 1. The Labute approximate surface area is 199 Å². The largest absolute Gasteiger partial charge is 0.529 e. The van der Waals surface area contributed by atoms with Crippen molar-refractivity contribution in [3.8, 4) is 18.0 Å². The molecule has 3 atom stereocenters. The number of aromatic nitrogens is 1. The molecule has 2 heterocycles. The zero-order valence-electron chi connectivity index (χ0n) is 18.0. The van der Waals surface area contributed by atoms with Crippen LogP contribution in [0.4, 0.5) is 4.39 Å². The average molecular weight is 505 g/mol. The molecule has 3 rings (SSSR count). The van der Waals surface area contributed by atoms with E-state index in [-0.39, 0.29) is 28.1 Å². The fourth-order valence-corrected chi connectivity index (χ4v) is 5.40. The molecule has 13 heteroatoms. The molecule has 1 fully saturated rings. The molecule has 178 valence electrons. The number of carbonyl (C=O) groups is 1. The number of phosphoric acid groups is 1. The molecule has 1 amide bonds. The van der Waals surface area contributed by atoms with Gasteiger partial charge in [0.05, 0.1) is 11.7 Å². The van der Waals surface area contributed by atoms with Gasteiger partial charge in [-0.1, -0.05) is 30.8 Å². The predicted molar refractivity (Wildman–Crippen MR) is 120 cm³/mol. The third kappa shape index (κ3) is 5.92. The number of amides is 1. The first-order valence-electron chi connectivity index (χ1n) is 10.2. The first-order chi connectivity index (χ1) is 16.2. The van der Waals surface area contributed by atoms with Gasteiger partial charge in [0, 0.05) is 6.54 Å². The van der Waals surface area contributed by atoms with E-state index < -0.39 is 36.8 Å². The highest BCUT2D eigenvalue weighted by atomic mass is 32.2. The monoisotopic (exact) mass is 505 g/mol. The maximum absolute atomic E-state index is 13.3. The Morgan fingerprint density at radius 1 is 1.38 bits per heavy atom. The number of pyridine rings is 1. The summed E-state index contributed by atoms with van der Waals surface area (Å²) in [6.45, 7) is 2.65. The van der Waals surface area contributed by atoms with Crippen LogP contribution in [0.1, 0.15) is 40.8 Å². The maximum Gasteiger partial charge on any atom is 0.529 e. The van der Waals surface area contributed by atoms with Gasteiger partial charge in [-0.2, -0.15) is 10.5 Å². The van der Waals surface area contributed by atoms with Crippen molar-refractivity contribution in [2.24, 2.45) is 5.73 Å². The van der Waals surface area contributed by atoms with Crippen LogP contribution < -0.4 is 15.6 Å². The Morgan fingerprint density at radius 3 is 2.59 bits per heavy atom. The molecule has 0 radical (unpaired) electrons. The molecule has 34 heavy (non-hydrogen) atoms. The number of halogens is 1. The minimum atomic E-state index is -4.67. The molecule has 1 aliphatic rings. The SMILES string of the molecule is CCc1c(C#N)c(OP(=O)(O)OC2CCNC2)nc(SC(C(N)=O)c2ccc(F)cc2)c1C#N. The van der Waals surface area contributed by atoms with Crippen LogP contribution in [0.5, 0.6) is 5.88 Å². The van der Waals surface area contributed by atoms with Crippen LogP contribution >= 0.6 is 19.6 Å². The van der Waals surface area contributed by atoms with Gasteiger partial charge in [0.25, 0.3) is 0 Å². The molecule has 1 aromatic heterocycles. The van der Waals surface area contributed by atoms with E-state index in [0.29, 0.717) is 25.1 Å². The van der Waals surface area contributed by atoms with Crippen LogP contribution in [-0.4, -0.2) is 35.0 Å². The lowest BCUT2D eigenvalue weighted by Crippen LogP contribution is -2.19. The zero-order chi connectivity index (χ0) is 24.9. The fraction of sp³-hybridized carbons (Fsp3) is 0.333. The second-order valence-corrected chi connectivity index (χ2v) is 9.68. The smallest absolute Gasteiger partial charge is 0.384 e. The van der Waals surface area contributed by atoms with Crippen molar-refractivity contribution in [3.63, 3.8) is 0 Å². The molecule has 2 aromatic rings. The molecule has 4 N–H and O–H groups in total. The summed E-state index contributed by atoms with van der Waals surface area (Å²) in [6.07, 6.45) is 0.134. The quantitative estimate of drug-likeness (QED) is 0.340. The summed E-state index contributed by atoms with van der Waals surface area (Å²) in [7, 11) is -4.67. The highest BCUT2D eigenvalue weighted by Crippen LogP contribution is 2.48. The lowest BCUT2D eigenvalue weighted by molar-refractivity contribution is -0.117. The number of nitriles is 2. The standard InChI is InChI=1S/C21H21FN5O5PS/c1-2-15-16(9-23)20(32-33(29,30)31-14-7-8-26-11-14)27-21(17(15)10-24)34-18(19(25)28)12-3-5-13(22)6-4-12/h3-6,14,18,26H,2,7-8,11H2,1H3,(H2,25,28)(H,29,30). The third-order valence-corrected chi connectivity index (χ3v) is 7.20. The van der Waals surface area contributed by atoms with E-state index in [9.17, 15) is 29.2 Å². The number of hydrogen-bond acceptors (Lipinski definition) is 9. The van der Waals surface area contributed by atoms with E-state index in [4.69, 9.17) is 14.8 Å². The van der Waals surface area contributed by atoms with Crippen LogP contribution in [0.25, 0.3) is 0 Å². The highest BCUT2D eigenvalue weighted by Gasteiger charge is 2.33. The number of nitrogens with one attached hydrogen (secondary N) is 1. The molecule has 1 aliphatic heterocycles. The van der Waals surface area contributed by atoms with Gasteiger partial charge in [0.2, 0.25) is 11.8 Å². The third-order valence-electron chi connectivity index (χ3n) is 4.97. The predicted octanol–water partition coefficient (Wildman–Crippen LogP) is 2.70. The molecule has 10 nitrogen and oxygen atoms in total. The van der Waals surface area contributed by atoms with E-state index >= 15 is 0 Å². The number of phosphoric ester groups is 1. The summed E-state index contributed by atoms with van der Waals surface area (Å²) in [5, 5.41) is 21.3. The number of carbonyl (C=O) groups excluding carboxylic acids is 1. The number of nitrogens with two attached hydrogens (primary N) is 1. The van der Waals surface area contributed by atoms with E-state index in [1.807, 2.05) is 12.1 Å². The number of primary amides is 1. The van der Waals surface area contributed by atoms with E-state index in [0.717, 1.165) is 23.9 Å². The molecular weight excluding hydrogens is 484 g/mol. The maximum atomic E-state index is 13.3. The Morgan fingerprint density at radius 2 is 2.06 bits per heavy atom. The normalized spacial score (nSPS) is 17.9. The summed E-state index contributed by atoms with van der Waals surface area (Å²) in [5.41, 5.74) is 5.94. The second-order valence-electron chi connectivity index (χ2n) is 7.26. The van der Waals surface area contributed by atoms with E-state index in [1.165, 1.54) is 12.1 Å². The van der Waals surface area contributed by atoms with Crippen LogP contribution in [0, 0.1) is 28.5 Å². The van der Waals surface area contributed by atoms with Gasteiger partial charge in [0.15, 0.2) is 0 Å². The van der Waals surface area contributed by atoms with Gasteiger partial charge in [-0.15, -0.1) is 0 Å². The van der Waals surface area contributed by atoms with E-state index in [1.54, 1.807) is 6.92 Å². The number of nitrogens with zero attached hydrogens (tertiary/aromatic N) is 3. The molecule has 0 bridgehead atoms. The molecule has 0 spiro atoms. The second kappa shape index (κ2) is 11.0. The molecule has 1 saturated heterocycles. The topological polar surface area (TPSA) is 171 Å². The van der Waals surface area contributed by atoms with Gasteiger partial charge in [-0.25, -0.2) is 13.9 Å². The van der Waals surface area contributed by atoms with E-state index in [2.05, 4.69) is 10.3 Å². The minimum absolute atomic E-state index is 0.00144. The van der Waals surface area contributed by atoms with Crippen molar-refractivity contribution in [3.05, 3.63) is 52.3 Å². The molecule has 1 aromatic carbocycles. The van der Waals surface area contributed by atoms with Crippen molar-refractivity contribution in [1.29, 1.82) is 10.5 Å². The van der Waals surface area contributed by atoms with Crippen LogP contribution in [0.15, 0.2) is 29.3 Å². The zero-order valence-corrected chi connectivity index (χ0v) is 19.7. The number of rotatable bonds is 9. The van der Waals surface area contributed by atoms with Crippen molar-refractivity contribution in [2.45, 2.75) is 36.1 Å². The van der Waals surface area contributed by atoms with Crippen molar-refractivity contribution < 1.29 is 27.7 Å². The molecule has 3 unspecified atom stereocenters. The Hall–Kier alpha value is -2.99. The van der Waals surface area contributed by atoms with Gasteiger partial charge >= 0.3 is 7.82 Å². The fourth-order valence-electron chi connectivity index (χ4n) is 3.40. The molecular formula is C21H21FN5O5PS. The van der Waals surface area contributed by atoms with Crippen molar-refractivity contribution in [1.82, 2.24) is 10.3 Å². The Kier molecular flexibility index (Phi) is 8.26. The van der Waals surface area contributed by atoms with Crippen molar-refractivity contribution >= 4 is 25.5 Å². The summed E-state index contributed by atoms with van der Waals surface area (Å²) in [6, 6.07) is 8.90. The average Bonchev–Trinajstić information content (AvgIpc) is 3.29. The van der Waals surface area contributed by atoms with Gasteiger partial charge in [-0.3, -0.25) is 14.2 Å². The number of hydrogen-bond donors (Lipinski definition) is 3. The minimum Gasteiger partial charge on any atom is -0.384 e. The van der Waals surface area contributed by atoms with Crippen LogP contribution in [0.3, 0.4) is 0 Å². The summed E-state index contributed by atoms with van der Waals surface area (Å²) in [4.78, 5) is 26.6. The van der Waals surface area contributed by atoms with Crippen LogP contribution in [-0.2, 0) is 20.3 Å². The van der Waals surface area contributed by atoms with Gasteiger partial charge in [-0.05, 0) is 42.6 Å². The van der Waals surface area contributed by atoms with Crippen LogP contribution in [0.2, 0.25) is 0 Å². The van der Waals surface area contributed by atoms with Gasteiger partial charge < -0.3 is 15.6 Å². The summed E-state index contributed by atoms with van der Waals surface area (Å²) < 4.78 is 36.3. The molecule has 0 saturated carbocycles. The summed E-state index contributed by atoms with van der Waals surface area (Å²) >= 11 is 0.787. The first-order valence-corrected chi connectivity index (χ1v) is 12.6. The van der Waals surface area contributed by atoms with Crippen molar-refractivity contribution in [2.75, 3.05) is 13.1 Å². The first kappa shape index (κ1) is 25.6. The lowest BCUT2D eigenvalue weighted by Gasteiger charge is -2.20. The number of benzene rings is 1. The van der Waals surface area contributed by atoms with Gasteiger partial charge in [0.1, 0.15) is 33.8 Å².